The first kappa shape index (κ1) is 15.5. The van der Waals surface area contributed by atoms with Crippen molar-refractivity contribution in [3.63, 3.8) is 0 Å². The summed E-state index contributed by atoms with van der Waals surface area (Å²) in [6, 6.07) is 8.53. The number of carbonyl (C=O) groups is 1. The normalized spacial score (nSPS) is 10.7. The minimum Gasteiger partial charge on any atom is -0.492 e. The summed E-state index contributed by atoms with van der Waals surface area (Å²) < 4.78 is 10.9. The van der Waals surface area contributed by atoms with Crippen LogP contribution in [-0.4, -0.2) is 27.5 Å². The van der Waals surface area contributed by atoms with E-state index in [-0.39, 0.29) is 0 Å². The molecule has 0 radical (unpaired) electrons. The molecule has 0 bridgehead atoms. The number of rotatable bonds is 4. The molecule has 8 nitrogen and oxygen atoms in total. The molecule has 0 aliphatic heterocycles. The van der Waals surface area contributed by atoms with E-state index in [4.69, 9.17) is 14.0 Å². The smallest absolute Gasteiger partial charge is 0.370 e. The predicted octanol–water partition coefficient (Wildman–Crippen LogP) is 1.35. The van der Waals surface area contributed by atoms with Crippen LogP contribution in [0.3, 0.4) is 0 Å². The molecule has 0 saturated carbocycles. The maximum atomic E-state index is 11.7. The Hall–Kier alpha value is -3.42. The van der Waals surface area contributed by atoms with E-state index in [1.54, 1.807) is 19.1 Å². The fraction of sp³-hybridized carbons (Fsp3) is 0.125. The molecule has 0 spiro atoms. The molecule has 0 aliphatic carbocycles. The van der Waals surface area contributed by atoms with Gasteiger partial charge in [-0.25, -0.2) is 9.59 Å². The van der Waals surface area contributed by atoms with E-state index in [2.05, 4.69) is 0 Å². The lowest BCUT2D eigenvalue weighted by Crippen LogP contribution is -2.24. The number of hydrogen-bond acceptors (Lipinski definition) is 7. The summed E-state index contributed by atoms with van der Waals surface area (Å²) in [6.07, 6.45) is 0. The lowest BCUT2D eigenvalue weighted by Gasteiger charge is -2.09. The molecule has 2 aromatic heterocycles. The Labute approximate surface area is 135 Å². The van der Waals surface area contributed by atoms with Gasteiger partial charge in [0.05, 0.1) is 0 Å². The SMILES string of the molecule is Cc1cc(=O)oc2cc(OCC(=O)On3c(O)ccc3O)ccc12. The molecule has 8 heteroatoms. The van der Waals surface area contributed by atoms with Gasteiger partial charge in [0, 0.05) is 29.7 Å². The van der Waals surface area contributed by atoms with E-state index < -0.39 is 30.0 Å². The molecule has 0 unspecified atom stereocenters. The van der Waals surface area contributed by atoms with E-state index in [9.17, 15) is 19.8 Å². The standard InChI is InChI=1S/C16H13NO7/c1-9-6-15(20)23-12-7-10(2-3-11(9)12)22-8-16(21)24-17-13(18)4-5-14(17)19/h2-7,18-19H,8H2,1H3. The first-order valence-electron chi connectivity index (χ1n) is 6.92. The molecule has 2 N–H and O–H groups in total. The summed E-state index contributed by atoms with van der Waals surface area (Å²) in [5.41, 5.74) is 0.632. The zero-order valence-corrected chi connectivity index (χ0v) is 12.6. The average molecular weight is 331 g/mol. The maximum absolute atomic E-state index is 11.7. The number of fused-ring (bicyclic) bond motifs is 1. The molecule has 0 fully saturated rings. The first-order valence-corrected chi connectivity index (χ1v) is 6.92. The third-order valence-corrected chi connectivity index (χ3v) is 3.27. The highest BCUT2D eigenvalue weighted by Crippen LogP contribution is 2.22. The lowest BCUT2D eigenvalue weighted by molar-refractivity contribution is -0.147. The van der Waals surface area contributed by atoms with Crippen LogP contribution in [0.25, 0.3) is 11.0 Å². The van der Waals surface area contributed by atoms with Gasteiger partial charge < -0.3 is 24.2 Å². The summed E-state index contributed by atoms with van der Waals surface area (Å²) in [6.45, 7) is 1.31. The zero-order valence-electron chi connectivity index (χ0n) is 12.6. The number of aryl methyl sites for hydroxylation is 1. The average Bonchev–Trinajstić information content (AvgIpc) is 2.84. The fourth-order valence-electron chi connectivity index (χ4n) is 2.16. The van der Waals surface area contributed by atoms with Gasteiger partial charge >= 0.3 is 11.6 Å². The molecule has 0 atom stereocenters. The Balaban J connectivity index is 1.71. The monoisotopic (exact) mass is 331 g/mol. The highest BCUT2D eigenvalue weighted by molar-refractivity contribution is 5.81. The largest absolute Gasteiger partial charge is 0.492 e. The van der Waals surface area contributed by atoms with Gasteiger partial charge in [-0.3, -0.25) is 0 Å². The number of hydrogen-bond donors (Lipinski definition) is 2. The molecule has 24 heavy (non-hydrogen) atoms. The Kier molecular flexibility index (Phi) is 3.87. The van der Waals surface area contributed by atoms with Crippen molar-refractivity contribution in [1.82, 2.24) is 4.73 Å². The molecule has 0 amide bonds. The van der Waals surface area contributed by atoms with Crippen molar-refractivity contribution in [2.24, 2.45) is 0 Å². The van der Waals surface area contributed by atoms with Gasteiger partial charge in [0.2, 0.25) is 11.8 Å². The van der Waals surface area contributed by atoms with E-state index in [1.165, 1.54) is 12.1 Å². The second kappa shape index (κ2) is 5.99. The van der Waals surface area contributed by atoms with Gasteiger partial charge in [-0.05, 0) is 24.6 Å². The van der Waals surface area contributed by atoms with E-state index in [0.29, 0.717) is 16.1 Å². The minimum absolute atomic E-state index is 0.300. The maximum Gasteiger partial charge on any atom is 0.370 e. The lowest BCUT2D eigenvalue weighted by atomic mass is 10.1. The molecule has 124 valence electrons. The molecule has 0 saturated heterocycles. The van der Waals surface area contributed by atoms with Gasteiger partial charge in [-0.2, -0.15) is 0 Å². The molecule has 0 aliphatic rings. The van der Waals surface area contributed by atoms with Crippen molar-refractivity contribution in [1.29, 1.82) is 0 Å². The Morgan fingerprint density at radius 2 is 1.88 bits per heavy atom. The summed E-state index contributed by atoms with van der Waals surface area (Å²) in [5, 5.41) is 19.5. The van der Waals surface area contributed by atoms with Crippen LogP contribution in [0.1, 0.15) is 5.56 Å². The quantitative estimate of drug-likeness (QED) is 0.694. The van der Waals surface area contributed by atoms with Crippen LogP contribution in [0.4, 0.5) is 0 Å². The zero-order chi connectivity index (χ0) is 17.3. The fourth-order valence-corrected chi connectivity index (χ4v) is 2.16. The van der Waals surface area contributed by atoms with Gasteiger partial charge in [0.1, 0.15) is 11.3 Å². The molecule has 1 aromatic carbocycles. The van der Waals surface area contributed by atoms with Gasteiger partial charge in [-0.1, -0.05) is 0 Å². The van der Waals surface area contributed by atoms with E-state index >= 15 is 0 Å². The Bertz CT molecular complexity index is 951. The highest BCUT2D eigenvalue weighted by Gasteiger charge is 2.13. The second-order valence-corrected chi connectivity index (χ2v) is 5.00. The van der Waals surface area contributed by atoms with Gasteiger partial charge in [0.15, 0.2) is 6.61 Å². The Morgan fingerprint density at radius 3 is 2.58 bits per heavy atom. The molecule has 3 aromatic rings. The van der Waals surface area contributed by atoms with Gasteiger partial charge in [0.25, 0.3) is 0 Å². The molecular weight excluding hydrogens is 318 g/mol. The van der Waals surface area contributed by atoms with E-state index in [0.717, 1.165) is 23.1 Å². The number of carbonyl (C=O) groups excluding carboxylic acids is 1. The molecule has 2 heterocycles. The number of ether oxygens (including phenoxy) is 1. The van der Waals surface area contributed by atoms with Crippen molar-refractivity contribution in [2.75, 3.05) is 6.61 Å². The van der Waals surface area contributed by atoms with Crippen LogP contribution in [0.2, 0.25) is 0 Å². The van der Waals surface area contributed by atoms with Crippen molar-refractivity contribution in [3.8, 4) is 17.5 Å². The summed E-state index contributed by atoms with van der Waals surface area (Å²) in [5.74, 6) is -1.40. The second-order valence-electron chi connectivity index (χ2n) is 5.00. The number of aromatic hydroxyl groups is 2. The van der Waals surface area contributed by atoms with Crippen LogP contribution < -0.4 is 15.2 Å². The number of nitrogens with zero attached hydrogens (tertiary/aromatic N) is 1. The van der Waals surface area contributed by atoms with Crippen molar-refractivity contribution in [3.05, 3.63) is 52.4 Å². The number of benzene rings is 1. The third-order valence-electron chi connectivity index (χ3n) is 3.27. The van der Waals surface area contributed by atoms with Crippen LogP contribution in [0, 0.1) is 6.92 Å². The topological polar surface area (TPSA) is 111 Å². The summed E-state index contributed by atoms with van der Waals surface area (Å²) >= 11 is 0. The summed E-state index contributed by atoms with van der Waals surface area (Å²) in [7, 11) is 0. The Morgan fingerprint density at radius 1 is 1.17 bits per heavy atom. The predicted molar refractivity (Wildman–Crippen MR) is 82.1 cm³/mol. The van der Waals surface area contributed by atoms with Crippen molar-refractivity contribution in [2.45, 2.75) is 6.92 Å². The van der Waals surface area contributed by atoms with Crippen LogP contribution in [-0.2, 0) is 4.79 Å². The van der Waals surface area contributed by atoms with Crippen LogP contribution in [0.5, 0.6) is 17.5 Å². The van der Waals surface area contributed by atoms with E-state index in [1.807, 2.05) is 0 Å². The van der Waals surface area contributed by atoms with Crippen LogP contribution >= 0.6 is 0 Å². The minimum atomic E-state index is -0.845. The highest BCUT2D eigenvalue weighted by atomic mass is 16.7. The molecule has 3 rings (SSSR count). The van der Waals surface area contributed by atoms with Gasteiger partial charge in [-0.15, -0.1) is 4.73 Å². The number of aromatic nitrogens is 1. The summed E-state index contributed by atoms with van der Waals surface area (Å²) in [4.78, 5) is 27.8. The first-order chi connectivity index (χ1) is 11.4. The molecular formula is C16H13NO7. The van der Waals surface area contributed by atoms with Crippen molar-refractivity contribution >= 4 is 16.9 Å². The van der Waals surface area contributed by atoms with Crippen LogP contribution in [0.15, 0.2) is 45.6 Å². The third kappa shape index (κ3) is 3.02. The van der Waals surface area contributed by atoms with Crippen molar-refractivity contribution < 1.29 is 29.0 Å².